The molecule has 0 amide bonds. The minimum absolute atomic E-state index is 0.278. The highest BCUT2D eigenvalue weighted by molar-refractivity contribution is 6.32. The van der Waals surface area contributed by atoms with Gasteiger partial charge in [0.05, 0.1) is 12.6 Å². The number of nitrogens with two attached hydrogens (primary N) is 1. The van der Waals surface area contributed by atoms with Crippen LogP contribution in [0.15, 0.2) is 53.5 Å². The van der Waals surface area contributed by atoms with E-state index in [1.54, 1.807) is 0 Å². The first-order chi connectivity index (χ1) is 17.0. The minimum Gasteiger partial charge on any atom is -0.494 e. The molecule has 2 aliphatic rings. The van der Waals surface area contributed by atoms with E-state index in [0.717, 1.165) is 80.4 Å². The van der Waals surface area contributed by atoms with Crippen molar-refractivity contribution in [2.45, 2.75) is 50.6 Å². The van der Waals surface area contributed by atoms with E-state index in [1.165, 1.54) is 5.56 Å². The lowest BCUT2D eigenvalue weighted by Gasteiger charge is -2.36. The normalized spacial score (nSPS) is 22.0. The van der Waals surface area contributed by atoms with Crippen molar-refractivity contribution < 1.29 is 4.74 Å². The van der Waals surface area contributed by atoms with E-state index in [-0.39, 0.29) is 11.4 Å². The summed E-state index contributed by atoms with van der Waals surface area (Å²) in [4.78, 5) is 9.54. The Morgan fingerprint density at radius 2 is 1.77 bits per heavy atom. The van der Waals surface area contributed by atoms with Gasteiger partial charge in [-0.15, -0.1) is 11.6 Å². The number of hydrogen-bond donors (Lipinski definition) is 1. The summed E-state index contributed by atoms with van der Waals surface area (Å²) in [5, 5.41) is 1.02. The Bertz CT molecular complexity index is 1010. The quantitative estimate of drug-likeness (QED) is 0.267. The minimum atomic E-state index is 0.278. The van der Waals surface area contributed by atoms with Crippen molar-refractivity contribution in [2.75, 3.05) is 37.7 Å². The van der Waals surface area contributed by atoms with Crippen LogP contribution in [0.25, 0.3) is 6.08 Å². The maximum absolute atomic E-state index is 6.62. The highest BCUT2D eigenvalue weighted by Crippen LogP contribution is 2.27. The summed E-state index contributed by atoms with van der Waals surface area (Å²) in [6, 6.07) is 15.0. The van der Waals surface area contributed by atoms with Crippen LogP contribution in [-0.2, 0) is 6.54 Å². The zero-order valence-electron chi connectivity index (χ0n) is 20.5. The average molecular weight is 516 g/mol. The third-order valence-corrected chi connectivity index (χ3v) is 7.52. The van der Waals surface area contributed by atoms with Crippen molar-refractivity contribution in [3.63, 3.8) is 0 Å². The number of piperazine rings is 1. The van der Waals surface area contributed by atoms with Crippen LogP contribution in [0.1, 0.15) is 43.7 Å². The molecule has 1 heterocycles. The summed E-state index contributed by atoms with van der Waals surface area (Å²) in [6.07, 6.45) is 7.84. The summed E-state index contributed by atoms with van der Waals surface area (Å²) >= 11 is 12.8. The molecule has 0 radical (unpaired) electrons. The number of halogens is 2. The zero-order valence-corrected chi connectivity index (χ0v) is 22.0. The van der Waals surface area contributed by atoms with Gasteiger partial charge >= 0.3 is 0 Å². The van der Waals surface area contributed by atoms with Crippen molar-refractivity contribution in [2.24, 2.45) is 10.7 Å². The van der Waals surface area contributed by atoms with Crippen LogP contribution in [0.3, 0.4) is 0 Å². The molecule has 4 rings (SSSR count). The van der Waals surface area contributed by atoms with Crippen molar-refractivity contribution in [1.82, 2.24) is 4.90 Å². The van der Waals surface area contributed by atoms with Crippen molar-refractivity contribution >= 4 is 40.8 Å². The fourth-order valence-corrected chi connectivity index (χ4v) is 5.21. The van der Waals surface area contributed by atoms with Crippen molar-refractivity contribution in [3.05, 3.63) is 64.7 Å². The largest absolute Gasteiger partial charge is 0.494 e. The molecule has 0 spiro atoms. The van der Waals surface area contributed by atoms with Gasteiger partial charge < -0.3 is 15.4 Å². The molecule has 35 heavy (non-hydrogen) atoms. The van der Waals surface area contributed by atoms with Crippen LogP contribution < -0.4 is 15.4 Å². The summed E-state index contributed by atoms with van der Waals surface area (Å²) < 4.78 is 5.54. The predicted molar refractivity (Wildman–Crippen MR) is 149 cm³/mol. The molecule has 7 heteroatoms. The summed E-state index contributed by atoms with van der Waals surface area (Å²) in [5.41, 5.74) is 9.57. The number of amidine groups is 1. The zero-order chi connectivity index (χ0) is 24.6. The lowest BCUT2D eigenvalue weighted by molar-refractivity contribution is 0.249. The van der Waals surface area contributed by atoms with Crippen LogP contribution in [0.2, 0.25) is 5.02 Å². The second-order valence-corrected chi connectivity index (χ2v) is 10.4. The first kappa shape index (κ1) is 25.9. The van der Waals surface area contributed by atoms with Gasteiger partial charge in [-0.2, -0.15) is 0 Å². The Balaban J connectivity index is 1.28. The van der Waals surface area contributed by atoms with Gasteiger partial charge in [0.15, 0.2) is 0 Å². The molecule has 0 bridgehead atoms. The van der Waals surface area contributed by atoms with E-state index in [0.29, 0.717) is 12.4 Å². The molecule has 2 fully saturated rings. The van der Waals surface area contributed by atoms with Gasteiger partial charge in [-0.05, 0) is 80.2 Å². The van der Waals surface area contributed by atoms with E-state index < -0.39 is 0 Å². The van der Waals surface area contributed by atoms with Crippen LogP contribution in [0, 0.1) is 0 Å². The van der Waals surface area contributed by atoms with Gasteiger partial charge in [-0.1, -0.05) is 29.8 Å². The van der Waals surface area contributed by atoms with Crippen LogP contribution in [0.4, 0.5) is 5.69 Å². The number of alkyl halides is 1. The van der Waals surface area contributed by atoms with E-state index in [4.69, 9.17) is 33.7 Å². The Kier molecular flexibility index (Phi) is 9.36. The van der Waals surface area contributed by atoms with E-state index in [1.807, 2.05) is 19.1 Å². The highest BCUT2D eigenvalue weighted by Gasteiger charge is 2.19. The predicted octanol–water partition coefficient (Wildman–Crippen LogP) is 5.98. The molecule has 1 saturated carbocycles. The SMILES string of the molecule is CCOc1ccc(CN2CCN(c3ccc(/C=C/C(N)=NC4CCC(Cl)CC4)c(Cl)c3)CC2)cc1. The molecular weight excluding hydrogens is 479 g/mol. The van der Waals surface area contributed by atoms with Gasteiger partial charge in [0.1, 0.15) is 11.6 Å². The smallest absolute Gasteiger partial charge is 0.119 e. The summed E-state index contributed by atoms with van der Waals surface area (Å²) in [6.45, 7) is 7.66. The van der Waals surface area contributed by atoms with Crippen molar-refractivity contribution in [3.8, 4) is 5.75 Å². The monoisotopic (exact) mass is 514 g/mol. The number of hydrogen-bond acceptors (Lipinski definition) is 4. The molecule has 2 N–H and O–H groups in total. The molecule has 1 aliphatic carbocycles. The molecule has 1 aliphatic heterocycles. The van der Waals surface area contributed by atoms with Gasteiger partial charge in [0.2, 0.25) is 0 Å². The molecule has 0 aromatic heterocycles. The van der Waals surface area contributed by atoms with Gasteiger partial charge in [-0.3, -0.25) is 9.89 Å². The summed E-state index contributed by atoms with van der Waals surface area (Å²) in [5.74, 6) is 1.48. The maximum Gasteiger partial charge on any atom is 0.119 e. The lowest BCUT2D eigenvalue weighted by atomic mass is 9.95. The number of aliphatic imine (C=N–C) groups is 1. The van der Waals surface area contributed by atoms with E-state index in [9.17, 15) is 0 Å². The molecule has 2 aromatic rings. The first-order valence-corrected chi connectivity index (χ1v) is 13.5. The molecule has 1 saturated heterocycles. The Morgan fingerprint density at radius 1 is 1.06 bits per heavy atom. The van der Waals surface area contributed by atoms with Gasteiger partial charge in [0, 0.05) is 48.8 Å². The van der Waals surface area contributed by atoms with Gasteiger partial charge in [0.25, 0.3) is 0 Å². The Morgan fingerprint density at radius 3 is 2.43 bits per heavy atom. The third-order valence-electron chi connectivity index (χ3n) is 6.75. The maximum atomic E-state index is 6.62. The topological polar surface area (TPSA) is 54.1 Å². The average Bonchev–Trinajstić information content (AvgIpc) is 2.86. The number of anilines is 1. The Hall–Kier alpha value is -2.21. The van der Waals surface area contributed by atoms with Gasteiger partial charge in [-0.25, -0.2) is 0 Å². The number of nitrogens with zero attached hydrogens (tertiary/aromatic N) is 3. The fourth-order valence-electron chi connectivity index (χ4n) is 4.72. The Labute approximate surface area is 219 Å². The standard InChI is InChI=1S/C28H36Cl2N4O/c1-2-35-26-12-3-21(4-13-26)20-33-15-17-34(18-16-33)25-11-5-22(27(30)19-25)6-14-28(31)32-24-9-7-23(29)8-10-24/h3-6,11-14,19,23-24H,2,7-10,15-18,20H2,1H3,(H2,31,32)/b14-6+. The van der Waals surface area contributed by atoms with Crippen LogP contribution >= 0.6 is 23.2 Å². The van der Waals surface area contributed by atoms with E-state index >= 15 is 0 Å². The molecule has 0 unspecified atom stereocenters. The summed E-state index contributed by atoms with van der Waals surface area (Å²) in [7, 11) is 0. The highest BCUT2D eigenvalue weighted by atomic mass is 35.5. The molecule has 188 valence electrons. The second kappa shape index (κ2) is 12.7. The first-order valence-electron chi connectivity index (χ1n) is 12.6. The molecule has 2 aromatic carbocycles. The number of benzene rings is 2. The lowest BCUT2D eigenvalue weighted by Crippen LogP contribution is -2.45. The second-order valence-electron chi connectivity index (χ2n) is 9.34. The molecule has 0 atom stereocenters. The number of ether oxygens (including phenoxy) is 1. The van der Waals surface area contributed by atoms with Crippen molar-refractivity contribution in [1.29, 1.82) is 0 Å². The fraction of sp³-hybridized carbons (Fsp3) is 0.464. The molecule has 5 nitrogen and oxygen atoms in total. The van der Waals surface area contributed by atoms with Crippen LogP contribution in [0.5, 0.6) is 5.75 Å². The van der Waals surface area contributed by atoms with Crippen LogP contribution in [-0.4, -0.2) is 54.9 Å². The molecular formula is C28H36Cl2N4O. The van der Waals surface area contributed by atoms with E-state index in [2.05, 4.69) is 57.3 Å². The number of rotatable bonds is 8. The third kappa shape index (κ3) is 7.63.